The molecule has 1 unspecified atom stereocenters. The molecule has 0 N–H and O–H groups in total. The Morgan fingerprint density at radius 1 is 1.62 bits per heavy atom. The summed E-state index contributed by atoms with van der Waals surface area (Å²) < 4.78 is 10.4. The molecule has 1 aromatic carbocycles. The van der Waals surface area contributed by atoms with E-state index in [4.69, 9.17) is 9.47 Å². The highest BCUT2D eigenvalue weighted by atomic mass is 16.5. The lowest BCUT2D eigenvalue weighted by molar-refractivity contribution is -0.109. The molecule has 1 aliphatic heterocycles. The molecule has 1 heterocycles. The number of aldehydes is 1. The van der Waals surface area contributed by atoms with Crippen LogP contribution in [0.2, 0.25) is 0 Å². The van der Waals surface area contributed by atoms with E-state index < -0.39 is 0 Å². The van der Waals surface area contributed by atoms with Gasteiger partial charge in [-0.05, 0) is 18.2 Å². The van der Waals surface area contributed by atoms with Crippen LogP contribution in [0.5, 0.6) is 11.5 Å². The lowest BCUT2D eigenvalue weighted by Gasteiger charge is -2.03. The van der Waals surface area contributed by atoms with Crippen LogP contribution in [0.15, 0.2) is 18.2 Å². The molecule has 0 saturated carbocycles. The van der Waals surface area contributed by atoms with Crippen molar-refractivity contribution < 1.29 is 14.3 Å². The van der Waals surface area contributed by atoms with Crippen molar-refractivity contribution in [1.29, 1.82) is 0 Å². The predicted octanol–water partition coefficient (Wildman–Crippen LogP) is 1.37. The molecule has 0 spiro atoms. The van der Waals surface area contributed by atoms with Gasteiger partial charge in [0.25, 0.3) is 0 Å². The molecule has 0 radical (unpaired) electrons. The molecule has 1 atom stereocenters. The molecule has 68 valence electrons. The summed E-state index contributed by atoms with van der Waals surface area (Å²) in [6.45, 7) is 0.450. The van der Waals surface area contributed by atoms with Crippen LogP contribution in [0.1, 0.15) is 11.5 Å². The molecule has 0 aliphatic carbocycles. The van der Waals surface area contributed by atoms with Gasteiger partial charge in [-0.15, -0.1) is 0 Å². The number of hydrogen-bond acceptors (Lipinski definition) is 3. The molecule has 0 saturated heterocycles. The predicted molar refractivity (Wildman–Crippen MR) is 47.3 cm³/mol. The molecular weight excluding hydrogens is 168 g/mol. The minimum absolute atomic E-state index is 0.134. The van der Waals surface area contributed by atoms with Crippen molar-refractivity contribution in [2.24, 2.45) is 0 Å². The molecule has 1 aliphatic rings. The topological polar surface area (TPSA) is 35.5 Å². The Bertz CT molecular complexity index is 333. The fourth-order valence-electron chi connectivity index (χ4n) is 1.46. The first-order valence-electron chi connectivity index (χ1n) is 4.11. The van der Waals surface area contributed by atoms with E-state index in [-0.39, 0.29) is 5.92 Å². The summed E-state index contributed by atoms with van der Waals surface area (Å²) >= 11 is 0. The zero-order chi connectivity index (χ0) is 9.26. The minimum atomic E-state index is -0.134. The molecular formula is C10H10O3. The number of rotatable bonds is 2. The molecule has 0 fully saturated rings. The van der Waals surface area contributed by atoms with Gasteiger partial charge in [-0.2, -0.15) is 0 Å². The number of fused-ring (bicyclic) bond motifs is 1. The Kier molecular flexibility index (Phi) is 1.93. The van der Waals surface area contributed by atoms with E-state index in [0.717, 1.165) is 23.3 Å². The number of carbonyl (C=O) groups excluding carboxylic acids is 1. The van der Waals surface area contributed by atoms with Gasteiger partial charge in [-0.3, -0.25) is 0 Å². The lowest BCUT2D eigenvalue weighted by Crippen LogP contribution is -2.00. The second kappa shape index (κ2) is 3.09. The van der Waals surface area contributed by atoms with Gasteiger partial charge >= 0.3 is 0 Å². The largest absolute Gasteiger partial charge is 0.497 e. The van der Waals surface area contributed by atoms with Crippen LogP contribution in [0.4, 0.5) is 0 Å². The van der Waals surface area contributed by atoms with Crippen LogP contribution in [-0.4, -0.2) is 20.0 Å². The van der Waals surface area contributed by atoms with E-state index in [9.17, 15) is 4.79 Å². The van der Waals surface area contributed by atoms with Crippen LogP contribution in [0.25, 0.3) is 0 Å². The van der Waals surface area contributed by atoms with Crippen molar-refractivity contribution in [3.05, 3.63) is 23.8 Å². The van der Waals surface area contributed by atoms with Crippen LogP contribution in [0.3, 0.4) is 0 Å². The fourth-order valence-corrected chi connectivity index (χ4v) is 1.46. The van der Waals surface area contributed by atoms with Crippen molar-refractivity contribution in [2.75, 3.05) is 13.7 Å². The Hall–Kier alpha value is -1.51. The van der Waals surface area contributed by atoms with Crippen LogP contribution in [-0.2, 0) is 4.79 Å². The van der Waals surface area contributed by atoms with Crippen molar-refractivity contribution in [1.82, 2.24) is 0 Å². The van der Waals surface area contributed by atoms with Gasteiger partial charge in [-0.1, -0.05) is 0 Å². The van der Waals surface area contributed by atoms with Gasteiger partial charge < -0.3 is 14.3 Å². The van der Waals surface area contributed by atoms with Crippen molar-refractivity contribution in [3.8, 4) is 11.5 Å². The Balaban J connectivity index is 2.42. The first-order valence-corrected chi connectivity index (χ1v) is 4.11. The van der Waals surface area contributed by atoms with Crippen LogP contribution < -0.4 is 9.47 Å². The summed E-state index contributed by atoms with van der Waals surface area (Å²) in [6.07, 6.45) is 0.908. The maximum absolute atomic E-state index is 10.6. The first-order chi connectivity index (χ1) is 6.35. The summed E-state index contributed by atoms with van der Waals surface area (Å²) in [5.74, 6) is 1.42. The average Bonchev–Trinajstić information content (AvgIpc) is 2.59. The smallest absolute Gasteiger partial charge is 0.131 e. The minimum Gasteiger partial charge on any atom is -0.497 e. The van der Waals surface area contributed by atoms with E-state index in [1.807, 2.05) is 18.2 Å². The third kappa shape index (κ3) is 1.26. The standard InChI is InChI=1S/C10H10O3/c1-12-8-2-3-10-9(4-8)7(5-11)6-13-10/h2-5,7H,6H2,1H3. The molecule has 0 bridgehead atoms. The highest BCUT2D eigenvalue weighted by Crippen LogP contribution is 2.35. The Morgan fingerprint density at radius 3 is 3.15 bits per heavy atom. The number of ether oxygens (including phenoxy) is 2. The van der Waals surface area contributed by atoms with Crippen molar-refractivity contribution >= 4 is 6.29 Å². The summed E-state index contributed by atoms with van der Waals surface area (Å²) in [6, 6.07) is 5.51. The second-order valence-electron chi connectivity index (χ2n) is 2.96. The third-order valence-corrected chi connectivity index (χ3v) is 2.20. The van der Waals surface area contributed by atoms with Gasteiger partial charge in [-0.25, -0.2) is 0 Å². The maximum atomic E-state index is 10.6. The van der Waals surface area contributed by atoms with Crippen molar-refractivity contribution in [2.45, 2.75) is 5.92 Å². The van der Waals surface area contributed by atoms with Crippen LogP contribution in [0, 0.1) is 0 Å². The average molecular weight is 178 g/mol. The summed E-state index contributed by atoms with van der Waals surface area (Å²) in [5.41, 5.74) is 0.925. The summed E-state index contributed by atoms with van der Waals surface area (Å²) in [4.78, 5) is 10.6. The summed E-state index contributed by atoms with van der Waals surface area (Å²) in [7, 11) is 1.60. The summed E-state index contributed by atoms with van der Waals surface area (Å²) in [5, 5.41) is 0. The lowest BCUT2D eigenvalue weighted by atomic mass is 10.0. The number of hydrogen-bond donors (Lipinski definition) is 0. The second-order valence-corrected chi connectivity index (χ2v) is 2.96. The van der Waals surface area contributed by atoms with E-state index in [2.05, 4.69) is 0 Å². The van der Waals surface area contributed by atoms with Gasteiger partial charge in [0.1, 0.15) is 24.4 Å². The third-order valence-electron chi connectivity index (χ3n) is 2.20. The van der Waals surface area contributed by atoms with Crippen LogP contribution >= 0.6 is 0 Å². The number of benzene rings is 1. The first kappa shape index (κ1) is 8.10. The van der Waals surface area contributed by atoms with Gasteiger partial charge in [0.05, 0.1) is 13.0 Å². The van der Waals surface area contributed by atoms with E-state index in [1.54, 1.807) is 7.11 Å². The molecule has 3 nitrogen and oxygen atoms in total. The SMILES string of the molecule is COc1ccc2c(c1)C(C=O)CO2. The van der Waals surface area contributed by atoms with E-state index in [0.29, 0.717) is 6.61 Å². The maximum Gasteiger partial charge on any atom is 0.131 e. The quantitative estimate of drug-likeness (QED) is 0.641. The Labute approximate surface area is 76.3 Å². The molecule has 2 rings (SSSR count). The van der Waals surface area contributed by atoms with Gasteiger partial charge in [0.2, 0.25) is 0 Å². The Morgan fingerprint density at radius 2 is 2.46 bits per heavy atom. The highest BCUT2D eigenvalue weighted by Gasteiger charge is 2.23. The molecule has 0 amide bonds. The van der Waals surface area contributed by atoms with E-state index in [1.165, 1.54) is 0 Å². The number of methoxy groups -OCH3 is 1. The number of carbonyl (C=O) groups is 1. The molecule has 3 heteroatoms. The van der Waals surface area contributed by atoms with Gasteiger partial charge in [0.15, 0.2) is 0 Å². The fraction of sp³-hybridized carbons (Fsp3) is 0.300. The molecule has 0 aromatic heterocycles. The van der Waals surface area contributed by atoms with E-state index >= 15 is 0 Å². The zero-order valence-corrected chi connectivity index (χ0v) is 7.32. The molecule has 13 heavy (non-hydrogen) atoms. The normalized spacial score (nSPS) is 19.0. The highest BCUT2D eigenvalue weighted by molar-refractivity contribution is 5.67. The van der Waals surface area contributed by atoms with Crippen molar-refractivity contribution in [3.63, 3.8) is 0 Å². The monoisotopic (exact) mass is 178 g/mol. The zero-order valence-electron chi connectivity index (χ0n) is 7.32. The molecule has 1 aromatic rings. The van der Waals surface area contributed by atoms with Gasteiger partial charge in [0, 0.05) is 5.56 Å².